The number of hydrogen-bond acceptors (Lipinski definition) is 1. The number of rotatable bonds is 8. The van der Waals surface area contributed by atoms with Crippen LogP contribution >= 0.6 is 0 Å². The van der Waals surface area contributed by atoms with Crippen LogP contribution in [-0.4, -0.2) is 6.54 Å². The van der Waals surface area contributed by atoms with Crippen LogP contribution < -0.4 is 4.90 Å². The van der Waals surface area contributed by atoms with Crippen LogP contribution in [0.15, 0.2) is 102 Å². The quantitative estimate of drug-likeness (QED) is 0.426. The Labute approximate surface area is 171 Å². The van der Waals surface area contributed by atoms with Crippen LogP contribution in [0.4, 0.5) is 5.69 Å². The van der Waals surface area contributed by atoms with Crippen LogP contribution in [0.3, 0.4) is 0 Å². The Kier molecular flexibility index (Phi) is 8.07. The number of hydrogen-bond donors (Lipinski definition) is 0. The monoisotopic (exact) mass is 371 g/mol. The van der Waals surface area contributed by atoms with E-state index < -0.39 is 0 Å². The van der Waals surface area contributed by atoms with E-state index in [0.717, 1.165) is 13.0 Å². The summed E-state index contributed by atoms with van der Waals surface area (Å²) in [5, 5.41) is 0. The third kappa shape index (κ3) is 5.36. The number of allylic oxidation sites excluding steroid dienone is 7. The maximum atomic E-state index is 3.81. The van der Waals surface area contributed by atoms with E-state index in [1.54, 1.807) is 0 Å². The van der Waals surface area contributed by atoms with Crippen LogP contribution in [0.1, 0.15) is 41.0 Å². The lowest BCUT2D eigenvalue weighted by atomic mass is 10.0. The summed E-state index contributed by atoms with van der Waals surface area (Å²) >= 11 is 0. The van der Waals surface area contributed by atoms with E-state index in [0.29, 0.717) is 0 Å². The molecule has 1 heteroatoms. The topological polar surface area (TPSA) is 3.24 Å². The highest BCUT2D eigenvalue weighted by Gasteiger charge is 2.10. The molecule has 0 spiro atoms. The normalized spacial score (nSPS) is 13.2. The molecule has 0 fully saturated rings. The molecule has 2 aromatic rings. The predicted molar refractivity (Wildman–Crippen MR) is 126 cm³/mol. The Balaban J connectivity index is 2.35. The highest BCUT2D eigenvalue weighted by atomic mass is 15.1. The molecule has 0 saturated heterocycles. The summed E-state index contributed by atoms with van der Waals surface area (Å²) in [4.78, 5) is 2.40. The molecule has 146 valence electrons. The maximum Gasteiger partial charge on any atom is 0.0408 e. The molecule has 0 heterocycles. The van der Waals surface area contributed by atoms with Crippen molar-refractivity contribution in [1.29, 1.82) is 0 Å². The molecule has 0 bridgehead atoms. The van der Waals surface area contributed by atoms with Gasteiger partial charge in [-0.2, -0.15) is 0 Å². The molecule has 0 unspecified atom stereocenters. The van der Waals surface area contributed by atoms with Crippen molar-refractivity contribution in [3.8, 4) is 11.1 Å². The first-order chi connectivity index (χ1) is 13.5. The Hall–Kier alpha value is -2.80. The molecule has 28 heavy (non-hydrogen) atoms. The summed E-state index contributed by atoms with van der Waals surface area (Å²) in [6, 6.07) is 19.4. The predicted octanol–water partition coefficient (Wildman–Crippen LogP) is 7.94. The smallest absolute Gasteiger partial charge is 0.0408 e. The van der Waals surface area contributed by atoms with E-state index in [-0.39, 0.29) is 0 Å². The van der Waals surface area contributed by atoms with Gasteiger partial charge < -0.3 is 4.90 Å². The van der Waals surface area contributed by atoms with Gasteiger partial charge >= 0.3 is 0 Å². The molecular weight excluding hydrogens is 338 g/mol. The van der Waals surface area contributed by atoms with Gasteiger partial charge in [-0.15, -0.1) is 0 Å². The van der Waals surface area contributed by atoms with E-state index in [2.05, 4.69) is 113 Å². The van der Waals surface area contributed by atoms with Crippen LogP contribution in [0.5, 0.6) is 0 Å². The van der Waals surface area contributed by atoms with Crippen molar-refractivity contribution >= 4 is 5.69 Å². The Morgan fingerprint density at radius 2 is 1.50 bits per heavy atom. The van der Waals surface area contributed by atoms with Crippen LogP contribution in [0, 0.1) is 0 Å². The van der Waals surface area contributed by atoms with E-state index in [9.17, 15) is 0 Å². The first-order valence-electron chi connectivity index (χ1n) is 10.1. The number of anilines is 1. The van der Waals surface area contributed by atoms with Gasteiger partial charge in [0, 0.05) is 17.9 Å². The molecular formula is C27H33N. The molecule has 0 N–H and O–H groups in total. The van der Waals surface area contributed by atoms with Gasteiger partial charge in [-0.1, -0.05) is 68.1 Å². The van der Waals surface area contributed by atoms with Crippen molar-refractivity contribution in [2.24, 2.45) is 0 Å². The van der Waals surface area contributed by atoms with Gasteiger partial charge in [-0.25, -0.2) is 0 Å². The summed E-state index contributed by atoms with van der Waals surface area (Å²) in [5.41, 5.74) is 8.93. The summed E-state index contributed by atoms with van der Waals surface area (Å²) in [7, 11) is 0. The summed E-state index contributed by atoms with van der Waals surface area (Å²) < 4.78 is 0. The minimum Gasteiger partial charge on any atom is -0.345 e. The van der Waals surface area contributed by atoms with Crippen molar-refractivity contribution < 1.29 is 0 Å². The second-order valence-corrected chi connectivity index (χ2v) is 7.04. The molecule has 1 nitrogen and oxygen atoms in total. The molecule has 0 saturated carbocycles. The molecule has 0 aromatic heterocycles. The van der Waals surface area contributed by atoms with E-state index >= 15 is 0 Å². The van der Waals surface area contributed by atoms with Gasteiger partial charge in [-0.3, -0.25) is 0 Å². The zero-order valence-electron chi connectivity index (χ0n) is 18.0. The van der Waals surface area contributed by atoms with Gasteiger partial charge in [0.15, 0.2) is 0 Å². The lowest BCUT2D eigenvalue weighted by molar-refractivity contribution is 0.891. The first-order valence-corrected chi connectivity index (χ1v) is 10.1. The number of nitrogens with zero attached hydrogens (tertiary/aromatic N) is 1. The highest BCUT2D eigenvalue weighted by molar-refractivity contribution is 5.67. The van der Waals surface area contributed by atoms with Crippen LogP contribution in [0.25, 0.3) is 11.1 Å². The van der Waals surface area contributed by atoms with Crippen LogP contribution in [-0.2, 0) is 0 Å². The van der Waals surface area contributed by atoms with Gasteiger partial charge in [0.05, 0.1) is 0 Å². The summed E-state index contributed by atoms with van der Waals surface area (Å²) in [6.45, 7) is 15.7. The summed E-state index contributed by atoms with van der Waals surface area (Å²) in [6.07, 6.45) is 7.23. The lowest BCUT2D eigenvalue weighted by Gasteiger charge is -2.26. The van der Waals surface area contributed by atoms with E-state index in [4.69, 9.17) is 0 Å². The van der Waals surface area contributed by atoms with Crippen molar-refractivity contribution in [2.45, 2.75) is 41.0 Å². The largest absolute Gasteiger partial charge is 0.345 e. The van der Waals surface area contributed by atoms with Gasteiger partial charge in [0.2, 0.25) is 0 Å². The first kappa shape index (κ1) is 21.5. The third-order valence-electron chi connectivity index (χ3n) is 5.25. The zero-order chi connectivity index (χ0) is 20.5. The Morgan fingerprint density at radius 1 is 0.893 bits per heavy atom. The molecule has 0 aliphatic rings. The van der Waals surface area contributed by atoms with E-state index in [1.165, 1.54) is 39.2 Å². The fourth-order valence-electron chi connectivity index (χ4n) is 3.36. The third-order valence-corrected chi connectivity index (χ3v) is 5.25. The fourth-order valence-corrected chi connectivity index (χ4v) is 3.36. The average Bonchev–Trinajstić information content (AvgIpc) is 2.74. The molecule has 0 aliphatic carbocycles. The summed E-state index contributed by atoms with van der Waals surface area (Å²) in [5.74, 6) is 0. The molecule has 2 rings (SSSR count). The Bertz CT molecular complexity index is 864. The van der Waals surface area contributed by atoms with Crippen molar-refractivity contribution in [3.05, 3.63) is 102 Å². The van der Waals surface area contributed by atoms with E-state index in [1.807, 2.05) is 6.08 Å². The minimum absolute atomic E-state index is 0.943. The second-order valence-electron chi connectivity index (χ2n) is 7.04. The standard InChI is InChI=1S/C27H33N/c1-7-13-21(4)23(6)22(5)20-26(8-2)28(9-3)27-18-16-25(17-19-27)24-14-11-10-12-15-24/h7,10-20H,1,8-9H2,2-6H3/b21-13+,23-22+,26-20+. The second kappa shape index (κ2) is 10.5. The Morgan fingerprint density at radius 3 is 2.04 bits per heavy atom. The highest BCUT2D eigenvalue weighted by Crippen LogP contribution is 2.27. The molecule has 2 aromatic carbocycles. The SMILES string of the molecule is C=C/C=C(C)/C(C)=C(C)/C=C(\CC)N(CC)c1ccc(-c2ccccc2)cc1. The maximum absolute atomic E-state index is 3.81. The lowest BCUT2D eigenvalue weighted by Crippen LogP contribution is -2.21. The van der Waals surface area contributed by atoms with Crippen molar-refractivity contribution in [1.82, 2.24) is 0 Å². The molecule has 0 amide bonds. The number of benzene rings is 2. The zero-order valence-corrected chi connectivity index (χ0v) is 18.0. The van der Waals surface area contributed by atoms with Crippen LogP contribution in [0.2, 0.25) is 0 Å². The fraction of sp³-hybridized carbons (Fsp3) is 0.259. The molecule has 0 aliphatic heterocycles. The van der Waals surface area contributed by atoms with Gasteiger partial charge in [0.25, 0.3) is 0 Å². The average molecular weight is 372 g/mol. The minimum atomic E-state index is 0.943. The molecule has 0 radical (unpaired) electrons. The molecule has 0 atom stereocenters. The van der Waals surface area contributed by atoms with Gasteiger partial charge in [-0.05, 0) is 80.2 Å². The van der Waals surface area contributed by atoms with Gasteiger partial charge in [0.1, 0.15) is 0 Å². The van der Waals surface area contributed by atoms with Crippen molar-refractivity contribution in [3.63, 3.8) is 0 Å². The van der Waals surface area contributed by atoms with Crippen molar-refractivity contribution in [2.75, 3.05) is 11.4 Å².